The van der Waals surface area contributed by atoms with Gasteiger partial charge in [0.25, 0.3) is 5.97 Å². The van der Waals surface area contributed by atoms with E-state index in [0.717, 1.165) is 64.6 Å². The predicted octanol–water partition coefficient (Wildman–Crippen LogP) is 7.43. The molecule has 0 aliphatic carbocycles. The van der Waals surface area contributed by atoms with Crippen molar-refractivity contribution in [2.45, 2.75) is 20.8 Å². The first-order valence-corrected chi connectivity index (χ1v) is 18.5. The Kier molecular flexibility index (Phi) is 23.0. The minimum atomic E-state index is -0.833. The Morgan fingerprint density at radius 1 is 0.809 bits per heavy atom. The van der Waals surface area contributed by atoms with Crippen LogP contribution in [0.2, 0.25) is 5.02 Å². The van der Waals surface area contributed by atoms with E-state index in [4.69, 9.17) is 31.0 Å². The largest absolute Gasteiger partial charge is 0.481 e. The van der Waals surface area contributed by atoms with Crippen LogP contribution in [0.3, 0.4) is 0 Å². The number of nitrogens with zero attached hydrogens (tertiary/aromatic N) is 1. The topological polar surface area (TPSA) is 71.0 Å². The van der Waals surface area contributed by atoms with E-state index in [-0.39, 0.29) is 20.4 Å². The number of rotatable bonds is 3. The molecule has 2 heterocycles. The number of carboxylic acid groups (broad SMARTS) is 1. The summed E-state index contributed by atoms with van der Waals surface area (Å²) in [5.74, 6) is -0.833. The molecule has 2 saturated heterocycles. The van der Waals surface area contributed by atoms with Crippen LogP contribution in [0.25, 0.3) is 11.1 Å². The second-order valence-electron chi connectivity index (χ2n) is 10.9. The molecule has 0 saturated carbocycles. The number of aryl methyl sites for hydroxylation is 2. The standard InChI is InChI=1S/C14H14P.C11H15NO.C7H7Cl.C4H9NO.C2H4O2.Pd/c1-15(2)14-11-7-6-10-13(14)12-8-4-3-5-9-12;1-10-2-4-11(5-3-10)12-6-8-13-9-7-12;1-6-2-4-7(8)5-3-6;1-3-6-4-2-5-1;1-2(3)4;/h3-8,10-11H,1-2H3;2-5H,6-9H2,1H3;2-5H,1H3;5H,1-4H2;1H3,(H,3,4);/q-1;;;;;/p+1. The minimum absolute atomic E-state index is 0. The van der Waals surface area contributed by atoms with Crippen molar-refractivity contribution in [2.24, 2.45) is 0 Å². The maximum atomic E-state index is 9.00. The van der Waals surface area contributed by atoms with Crippen LogP contribution in [0.5, 0.6) is 0 Å². The van der Waals surface area contributed by atoms with Crippen LogP contribution < -0.4 is 15.5 Å². The normalized spacial score (nSPS) is 13.4. The zero-order valence-corrected chi connectivity index (χ0v) is 31.5. The van der Waals surface area contributed by atoms with Gasteiger partial charge < -0.3 is 24.8 Å². The number of benzene rings is 4. The Morgan fingerprint density at radius 3 is 1.77 bits per heavy atom. The van der Waals surface area contributed by atoms with E-state index >= 15 is 0 Å². The zero-order chi connectivity index (χ0) is 33.6. The predicted molar refractivity (Wildman–Crippen MR) is 198 cm³/mol. The Hall–Kier alpha value is -2.59. The van der Waals surface area contributed by atoms with Crippen molar-refractivity contribution in [2.75, 3.05) is 70.8 Å². The van der Waals surface area contributed by atoms with Crippen molar-refractivity contribution >= 4 is 36.5 Å². The fourth-order valence-corrected chi connectivity index (χ4v) is 5.65. The van der Waals surface area contributed by atoms with Gasteiger partial charge in [-0.3, -0.25) is 4.79 Å². The molecule has 6 nitrogen and oxygen atoms in total. The number of halogens is 1. The van der Waals surface area contributed by atoms with E-state index in [9.17, 15) is 0 Å². The van der Waals surface area contributed by atoms with Gasteiger partial charge in [0.1, 0.15) is 0 Å². The van der Waals surface area contributed by atoms with Gasteiger partial charge >= 0.3 is 0 Å². The Labute approximate surface area is 302 Å². The van der Waals surface area contributed by atoms with Gasteiger partial charge in [0.15, 0.2) is 0 Å². The van der Waals surface area contributed by atoms with Crippen LogP contribution in [0.1, 0.15) is 18.1 Å². The average molecular weight is 772 g/mol. The Morgan fingerprint density at radius 2 is 1.32 bits per heavy atom. The van der Waals surface area contributed by atoms with Crippen LogP contribution in [0.15, 0.2) is 97.1 Å². The van der Waals surface area contributed by atoms with Crippen LogP contribution in [0, 0.1) is 19.9 Å². The Balaban J connectivity index is 0.000000313. The fourth-order valence-electron chi connectivity index (χ4n) is 4.34. The third kappa shape index (κ3) is 19.1. The smallest absolute Gasteiger partial charge is 0.300 e. The van der Waals surface area contributed by atoms with E-state index in [1.807, 2.05) is 43.3 Å². The molecule has 0 radical (unpaired) electrons. The molecule has 0 spiro atoms. The quantitative estimate of drug-likeness (QED) is 0.128. The molecule has 2 aliphatic heterocycles. The monoisotopic (exact) mass is 770 g/mol. The molecule has 2 aliphatic rings. The number of morpholine rings is 2. The van der Waals surface area contributed by atoms with Crippen molar-refractivity contribution in [3.63, 3.8) is 0 Å². The van der Waals surface area contributed by atoms with Crippen LogP contribution in [-0.2, 0) is 34.7 Å². The van der Waals surface area contributed by atoms with Gasteiger partial charge in [-0.1, -0.05) is 70.8 Å². The van der Waals surface area contributed by atoms with E-state index in [1.54, 1.807) is 0 Å². The van der Waals surface area contributed by atoms with Crippen LogP contribution in [0.4, 0.5) is 5.69 Å². The third-order valence-corrected chi connectivity index (χ3v) is 8.50. The Bertz CT molecular complexity index is 1330. The van der Waals surface area contributed by atoms with Crippen LogP contribution in [-0.4, -0.2) is 77.0 Å². The van der Waals surface area contributed by atoms with Crippen molar-refractivity contribution in [1.29, 1.82) is 0 Å². The van der Waals surface area contributed by atoms with Gasteiger partial charge in [-0.05, 0) is 44.2 Å². The van der Waals surface area contributed by atoms with E-state index in [1.165, 1.54) is 33.2 Å². The number of nitrogens with one attached hydrogen (secondary N) is 1. The molecule has 0 amide bonds. The number of ether oxygens (including phenoxy) is 2. The van der Waals surface area contributed by atoms with Crippen molar-refractivity contribution in [3.05, 3.63) is 119 Å². The van der Waals surface area contributed by atoms with Crippen LogP contribution >= 0.6 is 19.5 Å². The summed E-state index contributed by atoms with van der Waals surface area (Å²) in [7, 11) is -0.409. The SMILES string of the molecule is C1COCCN1.CC(=O)O.C[PH+](C)c1ccccc1-c1[c-]cccc1.Cc1ccc(Cl)cc1.Cc1ccc(N2CCOCC2)cc1.[Pd]. The average Bonchev–Trinajstić information content (AvgIpc) is 3.09. The second-order valence-corrected chi connectivity index (χ2v) is 13.9. The van der Waals surface area contributed by atoms with Gasteiger partial charge in [-0.25, -0.2) is 0 Å². The number of hydrogen-bond acceptors (Lipinski definition) is 5. The first-order valence-electron chi connectivity index (χ1n) is 15.6. The molecule has 47 heavy (non-hydrogen) atoms. The molecule has 2 N–H and O–H groups in total. The minimum Gasteiger partial charge on any atom is -0.481 e. The molecule has 4 aromatic carbocycles. The van der Waals surface area contributed by atoms with E-state index in [0.29, 0.717) is 0 Å². The van der Waals surface area contributed by atoms with Gasteiger partial charge in [0.05, 0.1) is 45.1 Å². The van der Waals surface area contributed by atoms with Crippen molar-refractivity contribution in [3.8, 4) is 11.1 Å². The number of anilines is 1. The fraction of sp³-hybridized carbons (Fsp3) is 0.342. The summed E-state index contributed by atoms with van der Waals surface area (Å²) >= 11 is 5.61. The molecule has 0 unspecified atom stereocenters. The summed E-state index contributed by atoms with van der Waals surface area (Å²) in [6.07, 6.45) is 0. The molecular weight excluding hydrogens is 721 g/mol. The summed E-state index contributed by atoms with van der Waals surface area (Å²) in [6, 6.07) is 36.6. The maximum absolute atomic E-state index is 9.00. The van der Waals surface area contributed by atoms with E-state index in [2.05, 4.69) is 97.2 Å². The summed E-state index contributed by atoms with van der Waals surface area (Å²) in [6.45, 7) is 17.5. The van der Waals surface area contributed by atoms with Gasteiger partial charge in [-0.2, -0.15) is 0 Å². The number of aliphatic carboxylic acids is 1. The molecule has 9 heteroatoms. The first kappa shape index (κ1) is 42.4. The van der Waals surface area contributed by atoms with Gasteiger partial charge in [0.2, 0.25) is 0 Å². The third-order valence-electron chi connectivity index (χ3n) is 6.73. The van der Waals surface area contributed by atoms with Gasteiger partial charge in [-0.15, -0.1) is 35.9 Å². The molecular formula is C38H50ClN2O4PPd. The molecule has 6 rings (SSSR count). The zero-order valence-electron chi connectivity index (χ0n) is 28.2. The van der Waals surface area contributed by atoms with Crippen molar-refractivity contribution in [1.82, 2.24) is 5.32 Å². The number of carboxylic acids is 1. The van der Waals surface area contributed by atoms with E-state index < -0.39 is 13.9 Å². The summed E-state index contributed by atoms with van der Waals surface area (Å²) in [5.41, 5.74) is 6.43. The molecule has 258 valence electrons. The maximum Gasteiger partial charge on any atom is 0.300 e. The molecule has 4 aromatic rings. The summed E-state index contributed by atoms with van der Waals surface area (Å²) in [4.78, 5) is 11.4. The molecule has 0 aromatic heterocycles. The molecule has 2 fully saturated rings. The molecule has 0 atom stereocenters. The first-order chi connectivity index (χ1) is 22.2. The van der Waals surface area contributed by atoms with Gasteiger partial charge in [0, 0.05) is 72.2 Å². The second kappa shape index (κ2) is 25.4. The number of hydrogen-bond donors (Lipinski definition) is 2. The van der Waals surface area contributed by atoms with Crippen molar-refractivity contribution < 1.29 is 39.8 Å². The number of carbonyl (C=O) groups is 1. The summed E-state index contributed by atoms with van der Waals surface area (Å²) in [5, 5.41) is 12.9. The summed E-state index contributed by atoms with van der Waals surface area (Å²) < 4.78 is 10.3. The molecule has 0 bridgehead atoms.